The number of hydrogen-bond donors (Lipinski definition) is 0. The fraction of sp³-hybridized carbons (Fsp3) is 1.00. The second-order valence-electron chi connectivity index (χ2n) is 6.04. The maximum atomic E-state index is 5.85. The van der Waals surface area contributed by atoms with Gasteiger partial charge in [-0.25, -0.2) is 0 Å². The Bertz CT molecular complexity index is 209. The van der Waals surface area contributed by atoms with Crippen LogP contribution in [0.4, 0.5) is 0 Å². The molecule has 2 aliphatic rings. The highest BCUT2D eigenvalue weighted by molar-refractivity contribution is 4.90. The van der Waals surface area contributed by atoms with E-state index in [1.165, 1.54) is 19.3 Å². The Morgan fingerprint density at radius 3 is 2.57 bits per heavy atom. The van der Waals surface area contributed by atoms with Gasteiger partial charge in [-0.2, -0.15) is 5.06 Å². The summed E-state index contributed by atoms with van der Waals surface area (Å²) in [4.78, 5) is 5.85. The molecule has 0 aromatic heterocycles. The minimum Gasteiger partial charge on any atom is -0.298 e. The minimum atomic E-state index is 0.163. The molecule has 82 valence electrons. The zero-order chi connectivity index (χ0) is 10.3. The Balaban J connectivity index is 2.08. The van der Waals surface area contributed by atoms with Gasteiger partial charge in [-0.3, -0.25) is 4.84 Å². The maximum absolute atomic E-state index is 5.85. The molecule has 0 aromatic carbocycles. The second-order valence-corrected chi connectivity index (χ2v) is 6.04. The van der Waals surface area contributed by atoms with E-state index in [1.807, 2.05) is 0 Å². The molecule has 14 heavy (non-hydrogen) atoms. The molecule has 0 N–H and O–H groups in total. The highest BCUT2D eigenvalue weighted by atomic mass is 16.7. The van der Waals surface area contributed by atoms with Crippen molar-refractivity contribution in [1.82, 2.24) is 5.06 Å². The van der Waals surface area contributed by atoms with Gasteiger partial charge in [0.15, 0.2) is 0 Å². The molecule has 0 spiro atoms. The van der Waals surface area contributed by atoms with Gasteiger partial charge in [0.25, 0.3) is 0 Å². The monoisotopic (exact) mass is 197 g/mol. The number of rotatable bonds is 0. The SMILES string of the molecule is CC1CCC2CON(C(C)(C)C)C2C1. The predicted molar refractivity (Wildman–Crippen MR) is 57.8 cm³/mol. The molecule has 1 saturated heterocycles. The van der Waals surface area contributed by atoms with Crippen molar-refractivity contribution in [2.24, 2.45) is 11.8 Å². The summed E-state index contributed by atoms with van der Waals surface area (Å²) < 4.78 is 0. The van der Waals surface area contributed by atoms with Crippen molar-refractivity contribution >= 4 is 0 Å². The molecule has 1 aliphatic carbocycles. The Morgan fingerprint density at radius 1 is 1.21 bits per heavy atom. The van der Waals surface area contributed by atoms with Crippen LogP contribution in [-0.2, 0) is 4.84 Å². The van der Waals surface area contributed by atoms with E-state index in [0.29, 0.717) is 6.04 Å². The van der Waals surface area contributed by atoms with Gasteiger partial charge < -0.3 is 0 Å². The molecule has 0 aromatic rings. The number of nitrogens with zero attached hydrogens (tertiary/aromatic N) is 1. The number of hydrogen-bond acceptors (Lipinski definition) is 2. The summed E-state index contributed by atoms with van der Waals surface area (Å²) in [5.74, 6) is 1.67. The van der Waals surface area contributed by atoms with Gasteiger partial charge in [0, 0.05) is 17.5 Å². The topological polar surface area (TPSA) is 12.5 Å². The lowest BCUT2D eigenvalue weighted by Gasteiger charge is -2.39. The first-order valence-corrected chi connectivity index (χ1v) is 5.90. The van der Waals surface area contributed by atoms with E-state index in [0.717, 1.165) is 18.4 Å². The minimum absolute atomic E-state index is 0.163. The molecule has 2 fully saturated rings. The maximum Gasteiger partial charge on any atom is 0.0729 e. The molecule has 0 bridgehead atoms. The molecule has 1 saturated carbocycles. The summed E-state index contributed by atoms with van der Waals surface area (Å²) in [6.45, 7) is 10.1. The lowest BCUT2D eigenvalue weighted by Crippen LogP contribution is -2.46. The van der Waals surface area contributed by atoms with Crippen LogP contribution in [0.1, 0.15) is 47.0 Å². The zero-order valence-electron chi connectivity index (χ0n) is 9.92. The number of fused-ring (bicyclic) bond motifs is 1. The molecule has 3 unspecified atom stereocenters. The van der Waals surface area contributed by atoms with Crippen LogP contribution in [0.3, 0.4) is 0 Å². The zero-order valence-corrected chi connectivity index (χ0v) is 9.92. The second kappa shape index (κ2) is 3.49. The molecule has 1 aliphatic heterocycles. The fourth-order valence-electron chi connectivity index (χ4n) is 2.86. The Labute approximate surface area is 87.6 Å². The van der Waals surface area contributed by atoms with Crippen molar-refractivity contribution in [2.75, 3.05) is 6.61 Å². The van der Waals surface area contributed by atoms with Gasteiger partial charge in [-0.1, -0.05) is 13.3 Å². The molecule has 2 nitrogen and oxygen atoms in total. The van der Waals surface area contributed by atoms with Gasteiger partial charge >= 0.3 is 0 Å². The van der Waals surface area contributed by atoms with Gasteiger partial charge in [-0.05, 0) is 39.5 Å². The Kier molecular flexibility index (Phi) is 2.61. The van der Waals surface area contributed by atoms with Crippen molar-refractivity contribution in [3.8, 4) is 0 Å². The van der Waals surface area contributed by atoms with Crippen molar-refractivity contribution in [3.05, 3.63) is 0 Å². The molecule has 2 heteroatoms. The highest BCUT2D eigenvalue weighted by Crippen LogP contribution is 2.39. The van der Waals surface area contributed by atoms with E-state index < -0.39 is 0 Å². The fourth-order valence-corrected chi connectivity index (χ4v) is 2.86. The first kappa shape index (κ1) is 10.4. The summed E-state index contributed by atoms with van der Waals surface area (Å²) in [6.07, 6.45) is 4.07. The van der Waals surface area contributed by atoms with Gasteiger partial charge in [-0.15, -0.1) is 0 Å². The molecule has 3 atom stereocenters. The lowest BCUT2D eigenvalue weighted by atomic mass is 9.79. The first-order chi connectivity index (χ1) is 6.48. The summed E-state index contributed by atoms with van der Waals surface area (Å²) in [5.41, 5.74) is 0.163. The molecular formula is C12H23NO. The smallest absolute Gasteiger partial charge is 0.0729 e. The van der Waals surface area contributed by atoms with Crippen LogP contribution in [0.2, 0.25) is 0 Å². The van der Waals surface area contributed by atoms with Crippen LogP contribution in [-0.4, -0.2) is 23.3 Å². The van der Waals surface area contributed by atoms with Crippen LogP contribution in [0.15, 0.2) is 0 Å². The van der Waals surface area contributed by atoms with E-state index in [2.05, 4.69) is 32.8 Å². The van der Waals surface area contributed by atoms with Crippen LogP contribution in [0.5, 0.6) is 0 Å². The number of hydroxylamine groups is 2. The molecule has 0 amide bonds. The predicted octanol–water partition coefficient (Wildman–Crippen LogP) is 2.84. The third-order valence-corrected chi connectivity index (χ3v) is 3.61. The van der Waals surface area contributed by atoms with Crippen LogP contribution in [0, 0.1) is 11.8 Å². The average Bonchev–Trinajstić information content (AvgIpc) is 2.45. The third kappa shape index (κ3) is 1.82. The third-order valence-electron chi connectivity index (χ3n) is 3.61. The summed E-state index contributed by atoms with van der Waals surface area (Å²) in [5, 5.41) is 2.26. The lowest BCUT2D eigenvalue weighted by molar-refractivity contribution is -0.190. The Hall–Kier alpha value is -0.0800. The van der Waals surface area contributed by atoms with Crippen LogP contribution < -0.4 is 0 Å². The Morgan fingerprint density at radius 2 is 1.93 bits per heavy atom. The highest BCUT2D eigenvalue weighted by Gasteiger charge is 2.43. The summed E-state index contributed by atoms with van der Waals surface area (Å²) in [7, 11) is 0. The molecule has 0 radical (unpaired) electrons. The largest absolute Gasteiger partial charge is 0.298 e. The van der Waals surface area contributed by atoms with Gasteiger partial charge in [0.05, 0.1) is 6.61 Å². The summed E-state index contributed by atoms with van der Waals surface area (Å²) in [6, 6.07) is 0.679. The molecule has 2 rings (SSSR count). The van der Waals surface area contributed by atoms with E-state index in [-0.39, 0.29) is 5.54 Å². The van der Waals surface area contributed by atoms with Gasteiger partial charge in [0.2, 0.25) is 0 Å². The van der Waals surface area contributed by atoms with Crippen LogP contribution in [0.25, 0.3) is 0 Å². The average molecular weight is 197 g/mol. The van der Waals surface area contributed by atoms with Crippen molar-refractivity contribution in [1.29, 1.82) is 0 Å². The van der Waals surface area contributed by atoms with E-state index in [1.54, 1.807) is 0 Å². The van der Waals surface area contributed by atoms with Gasteiger partial charge in [0.1, 0.15) is 0 Å². The summed E-state index contributed by atoms with van der Waals surface area (Å²) >= 11 is 0. The van der Waals surface area contributed by atoms with Crippen molar-refractivity contribution in [2.45, 2.75) is 58.5 Å². The molecule has 1 heterocycles. The standard InChI is InChI=1S/C12H23NO/c1-9-5-6-10-8-14-13(11(10)7-9)12(2,3)4/h9-11H,5-8H2,1-4H3. The molecular weight excluding hydrogens is 174 g/mol. The van der Waals surface area contributed by atoms with E-state index in [9.17, 15) is 0 Å². The van der Waals surface area contributed by atoms with Crippen molar-refractivity contribution in [3.63, 3.8) is 0 Å². The van der Waals surface area contributed by atoms with E-state index >= 15 is 0 Å². The quantitative estimate of drug-likeness (QED) is 0.592. The normalized spacial score (nSPS) is 39.9. The first-order valence-electron chi connectivity index (χ1n) is 5.90. The van der Waals surface area contributed by atoms with Crippen molar-refractivity contribution < 1.29 is 4.84 Å². The van der Waals surface area contributed by atoms with Crippen LogP contribution >= 0.6 is 0 Å². The van der Waals surface area contributed by atoms with E-state index in [4.69, 9.17) is 4.84 Å².